The molecule has 0 aromatic heterocycles. The van der Waals surface area contributed by atoms with Gasteiger partial charge in [0.1, 0.15) is 0 Å². The largest absolute Gasteiger partial charge is 0.395 e. The van der Waals surface area contributed by atoms with E-state index in [4.69, 9.17) is 4.74 Å². The highest BCUT2D eigenvalue weighted by atomic mass is 79.9. The molecular weight excluding hydrogens is 249 g/mol. The van der Waals surface area contributed by atoms with E-state index in [2.05, 4.69) is 15.9 Å². The normalized spacial score (nSPS) is 35.3. The van der Waals surface area contributed by atoms with E-state index in [0.29, 0.717) is 6.42 Å². The molecule has 0 spiro atoms. The summed E-state index contributed by atoms with van der Waals surface area (Å²) in [5.74, 6) is 0. The van der Waals surface area contributed by atoms with Gasteiger partial charge in [0.2, 0.25) is 0 Å². The summed E-state index contributed by atoms with van der Waals surface area (Å²) in [4.78, 5) is 0. The van der Waals surface area contributed by atoms with Crippen molar-refractivity contribution in [3.05, 3.63) is 0 Å². The molecule has 2 atom stereocenters. The quantitative estimate of drug-likeness (QED) is 0.694. The molecule has 0 unspecified atom stereocenters. The van der Waals surface area contributed by atoms with Crippen LogP contribution in [0.3, 0.4) is 0 Å². The second-order valence-electron chi connectivity index (χ2n) is 3.51. The Labute approximate surface area is 83.8 Å². The van der Waals surface area contributed by atoms with E-state index in [-0.39, 0.29) is 24.3 Å². The van der Waals surface area contributed by atoms with Crippen molar-refractivity contribution in [2.24, 2.45) is 5.41 Å². The number of halogens is 4. The summed E-state index contributed by atoms with van der Waals surface area (Å²) < 4.78 is 42.9. The second-order valence-corrected chi connectivity index (χ2v) is 4.07. The number of alkyl halides is 4. The van der Waals surface area contributed by atoms with Crippen molar-refractivity contribution < 1.29 is 17.9 Å². The Hall–Kier alpha value is 0.230. The summed E-state index contributed by atoms with van der Waals surface area (Å²) in [5.41, 5.74) is -1.56. The molecule has 0 heterocycles. The topological polar surface area (TPSA) is 9.23 Å². The molecule has 78 valence electrons. The highest BCUT2D eigenvalue weighted by Crippen LogP contribution is 2.51. The van der Waals surface area contributed by atoms with Crippen molar-refractivity contribution in [3.63, 3.8) is 0 Å². The van der Waals surface area contributed by atoms with Crippen LogP contribution in [0.5, 0.6) is 0 Å². The third kappa shape index (κ3) is 2.01. The molecule has 1 saturated carbocycles. The Kier molecular flexibility index (Phi) is 3.28. The molecule has 1 fully saturated rings. The predicted octanol–water partition coefficient (Wildman–Crippen LogP) is 3.13. The summed E-state index contributed by atoms with van der Waals surface area (Å²) in [6.45, 7) is 0. The molecule has 1 nitrogen and oxygen atoms in total. The lowest BCUT2D eigenvalue weighted by molar-refractivity contribution is -0.215. The Bertz CT molecular complexity index is 183. The molecule has 0 aromatic rings. The first kappa shape index (κ1) is 11.3. The van der Waals surface area contributed by atoms with Crippen LogP contribution in [0.2, 0.25) is 0 Å². The van der Waals surface area contributed by atoms with Crippen LogP contribution < -0.4 is 0 Å². The SMILES string of the molecule is CO[C@@H]1CC[C@@](CBr)(C(F)(F)F)C1. The minimum absolute atomic E-state index is 0.0244. The van der Waals surface area contributed by atoms with Gasteiger partial charge >= 0.3 is 6.18 Å². The molecule has 0 amide bonds. The van der Waals surface area contributed by atoms with Crippen molar-refractivity contribution in [2.45, 2.75) is 31.5 Å². The van der Waals surface area contributed by atoms with Crippen LogP contribution in [0.25, 0.3) is 0 Å². The molecule has 1 aliphatic carbocycles. The smallest absolute Gasteiger partial charge is 0.381 e. The number of ether oxygens (including phenoxy) is 1. The number of hydrogen-bond donors (Lipinski definition) is 0. The molecule has 1 rings (SSSR count). The van der Waals surface area contributed by atoms with Crippen molar-refractivity contribution in [1.29, 1.82) is 0 Å². The van der Waals surface area contributed by atoms with Gasteiger partial charge in [0.05, 0.1) is 11.5 Å². The monoisotopic (exact) mass is 260 g/mol. The van der Waals surface area contributed by atoms with Crippen LogP contribution in [0, 0.1) is 5.41 Å². The van der Waals surface area contributed by atoms with Crippen LogP contribution in [0.1, 0.15) is 19.3 Å². The molecule has 5 heteroatoms. The van der Waals surface area contributed by atoms with Crippen LogP contribution in [-0.4, -0.2) is 24.7 Å². The van der Waals surface area contributed by atoms with E-state index in [1.54, 1.807) is 0 Å². The maximum absolute atomic E-state index is 12.6. The molecule has 0 aromatic carbocycles. The fraction of sp³-hybridized carbons (Fsp3) is 1.00. The first-order valence-corrected chi connectivity index (χ1v) is 5.23. The first-order valence-electron chi connectivity index (χ1n) is 4.11. The lowest BCUT2D eigenvalue weighted by Gasteiger charge is -2.29. The number of hydrogen-bond acceptors (Lipinski definition) is 1. The average Bonchev–Trinajstić information content (AvgIpc) is 2.47. The van der Waals surface area contributed by atoms with Gasteiger partial charge in [-0.15, -0.1) is 0 Å². The maximum Gasteiger partial charge on any atom is 0.395 e. The zero-order chi connectivity index (χ0) is 10.1. The number of methoxy groups -OCH3 is 1. The zero-order valence-corrected chi connectivity index (χ0v) is 8.91. The van der Waals surface area contributed by atoms with Crippen LogP contribution in [0.15, 0.2) is 0 Å². The lowest BCUT2D eigenvalue weighted by atomic mass is 9.88. The minimum atomic E-state index is -4.12. The third-order valence-electron chi connectivity index (χ3n) is 2.75. The van der Waals surface area contributed by atoms with Crippen molar-refractivity contribution in [2.75, 3.05) is 12.4 Å². The minimum Gasteiger partial charge on any atom is -0.381 e. The van der Waals surface area contributed by atoms with Gasteiger partial charge in [-0.1, -0.05) is 15.9 Å². The van der Waals surface area contributed by atoms with E-state index in [0.717, 1.165) is 0 Å². The summed E-state index contributed by atoms with van der Waals surface area (Å²) >= 11 is 2.95. The lowest BCUT2D eigenvalue weighted by Crippen LogP contribution is -2.37. The van der Waals surface area contributed by atoms with E-state index >= 15 is 0 Å². The van der Waals surface area contributed by atoms with Crippen molar-refractivity contribution >= 4 is 15.9 Å². The molecule has 0 bridgehead atoms. The molecule has 0 saturated heterocycles. The molecule has 13 heavy (non-hydrogen) atoms. The van der Waals surface area contributed by atoms with Crippen LogP contribution in [0.4, 0.5) is 13.2 Å². The number of rotatable bonds is 2. The van der Waals surface area contributed by atoms with Crippen LogP contribution >= 0.6 is 15.9 Å². The average molecular weight is 261 g/mol. The van der Waals surface area contributed by atoms with Crippen molar-refractivity contribution in [1.82, 2.24) is 0 Å². The fourth-order valence-corrected chi connectivity index (χ4v) is 2.56. The van der Waals surface area contributed by atoms with Crippen LogP contribution in [-0.2, 0) is 4.74 Å². The Morgan fingerprint density at radius 3 is 2.38 bits per heavy atom. The second kappa shape index (κ2) is 3.77. The molecule has 1 aliphatic rings. The predicted molar refractivity (Wildman–Crippen MR) is 46.9 cm³/mol. The first-order chi connectivity index (χ1) is 5.95. The molecule has 0 aliphatic heterocycles. The standard InChI is InChI=1S/C8H12BrF3O/c1-13-6-2-3-7(4-6,5-9)8(10,11)12/h6H,2-5H2,1H3/t6-,7-/m1/s1. The summed E-state index contributed by atoms with van der Waals surface area (Å²) in [6.07, 6.45) is -3.61. The molecule has 0 radical (unpaired) electrons. The zero-order valence-electron chi connectivity index (χ0n) is 7.33. The van der Waals surface area contributed by atoms with E-state index in [1.165, 1.54) is 7.11 Å². The maximum atomic E-state index is 12.6. The van der Waals surface area contributed by atoms with E-state index in [9.17, 15) is 13.2 Å². The molecule has 0 N–H and O–H groups in total. The summed E-state index contributed by atoms with van der Waals surface area (Å²) in [5, 5.41) is -0.0244. The van der Waals surface area contributed by atoms with Gasteiger partial charge in [0, 0.05) is 12.4 Å². The van der Waals surface area contributed by atoms with Gasteiger partial charge in [-0.3, -0.25) is 0 Å². The highest BCUT2D eigenvalue weighted by Gasteiger charge is 2.57. The molecular formula is C8H12BrF3O. The van der Waals surface area contributed by atoms with Gasteiger partial charge in [-0.25, -0.2) is 0 Å². The Balaban J connectivity index is 2.74. The Morgan fingerprint density at radius 2 is 2.15 bits per heavy atom. The third-order valence-corrected chi connectivity index (χ3v) is 3.83. The fourth-order valence-electron chi connectivity index (χ4n) is 1.73. The highest BCUT2D eigenvalue weighted by molar-refractivity contribution is 9.09. The van der Waals surface area contributed by atoms with Gasteiger partial charge < -0.3 is 4.74 Å². The summed E-state index contributed by atoms with van der Waals surface area (Å²) in [7, 11) is 1.46. The summed E-state index contributed by atoms with van der Waals surface area (Å²) in [6, 6.07) is 0. The Morgan fingerprint density at radius 1 is 1.54 bits per heavy atom. The van der Waals surface area contributed by atoms with Gasteiger partial charge in [-0.2, -0.15) is 13.2 Å². The van der Waals surface area contributed by atoms with E-state index in [1.807, 2.05) is 0 Å². The van der Waals surface area contributed by atoms with Gasteiger partial charge in [0.25, 0.3) is 0 Å². The van der Waals surface area contributed by atoms with Gasteiger partial charge in [-0.05, 0) is 19.3 Å². The van der Waals surface area contributed by atoms with Gasteiger partial charge in [0.15, 0.2) is 0 Å². The van der Waals surface area contributed by atoms with E-state index < -0.39 is 11.6 Å². The van der Waals surface area contributed by atoms with Crippen molar-refractivity contribution in [3.8, 4) is 0 Å².